The van der Waals surface area contributed by atoms with Crippen LogP contribution in [0.3, 0.4) is 0 Å². The summed E-state index contributed by atoms with van der Waals surface area (Å²) in [5, 5.41) is 11.4. The summed E-state index contributed by atoms with van der Waals surface area (Å²) in [5.74, 6) is 0.918. The highest BCUT2D eigenvalue weighted by molar-refractivity contribution is 6.10. The van der Waals surface area contributed by atoms with E-state index in [0.29, 0.717) is 58.2 Å². The van der Waals surface area contributed by atoms with Gasteiger partial charge in [0.1, 0.15) is 23.5 Å². The van der Waals surface area contributed by atoms with Crippen LogP contribution in [0.4, 0.5) is 17.2 Å². The van der Waals surface area contributed by atoms with Crippen LogP contribution in [0.2, 0.25) is 0 Å². The van der Waals surface area contributed by atoms with Gasteiger partial charge in [-0.15, -0.1) is 0 Å². The van der Waals surface area contributed by atoms with E-state index in [1.165, 1.54) is 19.7 Å². The Morgan fingerprint density at radius 3 is 2.77 bits per heavy atom. The van der Waals surface area contributed by atoms with E-state index in [0.717, 1.165) is 13.1 Å². The number of H-pyrrole nitrogens is 1. The minimum absolute atomic E-state index is 0.0587. The van der Waals surface area contributed by atoms with Crippen LogP contribution in [0.25, 0.3) is 11.0 Å². The number of aromatic amines is 1. The molecule has 0 bridgehead atoms. The van der Waals surface area contributed by atoms with Crippen molar-refractivity contribution in [2.45, 2.75) is 0 Å². The van der Waals surface area contributed by atoms with Gasteiger partial charge in [-0.1, -0.05) is 0 Å². The van der Waals surface area contributed by atoms with Crippen LogP contribution in [0.5, 0.6) is 5.75 Å². The maximum absolute atomic E-state index is 13.2. The topological polar surface area (TPSA) is 136 Å². The van der Waals surface area contributed by atoms with Crippen LogP contribution in [0.15, 0.2) is 24.7 Å². The van der Waals surface area contributed by atoms with E-state index in [2.05, 4.69) is 25.2 Å². The fraction of sp³-hybridized carbons (Fsp3) is 0.300. The predicted molar refractivity (Wildman–Crippen MR) is 116 cm³/mol. The van der Waals surface area contributed by atoms with E-state index in [9.17, 15) is 4.79 Å². The van der Waals surface area contributed by atoms with Gasteiger partial charge in [0.25, 0.3) is 5.91 Å². The number of piperazine rings is 1. The summed E-state index contributed by atoms with van der Waals surface area (Å²) in [5.41, 5.74) is 8.60. The summed E-state index contributed by atoms with van der Waals surface area (Å²) < 4.78 is 5.43. The number of hydrogen-bond acceptors (Lipinski definition) is 8. The molecule has 1 amide bonds. The van der Waals surface area contributed by atoms with E-state index in [4.69, 9.17) is 15.9 Å². The molecule has 1 fully saturated rings. The minimum Gasteiger partial charge on any atom is -0.494 e. The molecular weight excluding hydrogens is 384 g/mol. The van der Waals surface area contributed by atoms with Gasteiger partial charge in [0.05, 0.1) is 23.7 Å². The first kappa shape index (κ1) is 19.6. The zero-order chi connectivity index (χ0) is 21.3. The molecule has 0 radical (unpaired) electrons. The number of amides is 1. The highest BCUT2D eigenvalue weighted by atomic mass is 16.5. The van der Waals surface area contributed by atoms with Crippen molar-refractivity contribution >= 4 is 40.3 Å². The average Bonchev–Trinajstić information content (AvgIpc) is 3.20. The number of nitrogens with one attached hydrogen (secondary N) is 3. The SMILES string of the molecule is COc1cc(N)c(C=N)cc1Nc1ncnc2[nH]cc(C(=O)N3CCN(C)CC3)c12. The van der Waals surface area contributed by atoms with Crippen LogP contribution in [-0.4, -0.2) is 77.2 Å². The maximum Gasteiger partial charge on any atom is 0.256 e. The number of benzene rings is 1. The van der Waals surface area contributed by atoms with Gasteiger partial charge in [0.2, 0.25) is 0 Å². The number of likely N-dealkylation sites (N-methyl/N-ethyl adjacent to an activating group) is 1. The predicted octanol–water partition coefficient (Wildman–Crippen LogP) is 1.68. The quantitative estimate of drug-likeness (QED) is 0.372. The van der Waals surface area contributed by atoms with Crippen molar-refractivity contribution in [2.75, 3.05) is 51.4 Å². The van der Waals surface area contributed by atoms with Crippen molar-refractivity contribution < 1.29 is 9.53 Å². The second kappa shape index (κ2) is 7.99. The van der Waals surface area contributed by atoms with Crippen molar-refractivity contribution in [3.8, 4) is 5.75 Å². The number of nitrogens with two attached hydrogens (primary N) is 1. The summed E-state index contributed by atoms with van der Waals surface area (Å²) in [6.07, 6.45) is 4.27. The number of hydrogen-bond donors (Lipinski definition) is 4. The minimum atomic E-state index is -0.0587. The van der Waals surface area contributed by atoms with Gasteiger partial charge >= 0.3 is 0 Å². The molecule has 1 aromatic carbocycles. The third kappa shape index (κ3) is 3.52. The molecule has 10 heteroatoms. The third-order valence-electron chi connectivity index (χ3n) is 5.30. The number of methoxy groups -OCH3 is 1. The molecule has 0 spiro atoms. The number of nitrogens with zero attached hydrogens (tertiary/aromatic N) is 4. The zero-order valence-electron chi connectivity index (χ0n) is 16.9. The number of fused-ring (bicyclic) bond motifs is 1. The molecule has 3 aromatic rings. The maximum atomic E-state index is 13.2. The molecule has 3 heterocycles. The van der Waals surface area contributed by atoms with Gasteiger partial charge in [-0.05, 0) is 13.1 Å². The Kier molecular flexibility index (Phi) is 5.23. The normalized spacial score (nSPS) is 14.7. The number of nitrogen functional groups attached to an aromatic ring is 1. The van der Waals surface area contributed by atoms with E-state index in [-0.39, 0.29) is 5.91 Å². The molecule has 0 atom stereocenters. The molecule has 0 aliphatic carbocycles. The lowest BCUT2D eigenvalue weighted by Crippen LogP contribution is -2.47. The number of carbonyl (C=O) groups excluding carboxylic acids is 1. The molecule has 1 saturated heterocycles. The third-order valence-corrected chi connectivity index (χ3v) is 5.30. The highest BCUT2D eigenvalue weighted by Crippen LogP contribution is 2.34. The molecule has 30 heavy (non-hydrogen) atoms. The number of ether oxygens (including phenoxy) is 1. The lowest BCUT2D eigenvalue weighted by atomic mass is 10.1. The monoisotopic (exact) mass is 408 g/mol. The number of rotatable bonds is 5. The Morgan fingerprint density at radius 2 is 2.07 bits per heavy atom. The molecular formula is C20H24N8O2. The fourth-order valence-electron chi connectivity index (χ4n) is 3.54. The Bertz CT molecular complexity index is 1100. The molecule has 0 unspecified atom stereocenters. The van der Waals surface area contributed by atoms with Crippen LogP contribution in [0, 0.1) is 5.41 Å². The molecule has 4 rings (SSSR count). The molecule has 2 aromatic heterocycles. The van der Waals surface area contributed by atoms with Gasteiger partial charge < -0.3 is 36.0 Å². The van der Waals surface area contributed by atoms with Crippen molar-refractivity contribution in [1.29, 1.82) is 5.41 Å². The lowest BCUT2D eigenvalue weighted by molar-refractivity contribution is 0.0666. The van der Waals surface area contributed by atoms with Crippen molar-refractivity contribution in [3.05, 3.63) is 35.8 Å². The second-order valence-corrected chi connectivity index (χ2v) is 7.19. The van der Waals surface area contributed by atoms with Crippen LogP contribution < -0.4 is 15.8 Å². The summed E-state index contributed by atoms with van der Waals surface area (Å²) >= 11 is 0. The number of aromatic nitrogens is 3. The Labute approximate surface area is 173 Å². The summed E-state index contributed by atoms with van der Waals surface area (Å²) in [6, 6.07) is 3.36. The Balaban J connectivity index is 1.73. The van der Waals surface area contributed by atoms with Gasteiger partial charge in [-0.25, -0.2) is 9.97 Å². The first-order valence-corrected chi connectivity index (χ1v) is 9.56. The van der Waals surface area contributed by atoms with Gasteiger partial charge in [0.15, 0.2) is 0 Å². The van der Waals surface area contributed by atoms with Gasteiger partial charge in [-0.3, -0.25) is 4.79 Å². The van der Waals surface area contributed by atoms with Crippen molar-refractivity contribution in [1.82, 2.24) is 24.8 Å². The van der Waals surface area contributed by atoms with Crippen LogP contribution in [-0.2, 0) is 0 Å². The lowest BCUT2D eigenvalue weighted by Gasteiger charge is -2.32. The Morgan fingerprint density at radius 1 is 1.30 bits per heavy atom. The van der Waals surface area contributed by atoms with Gasteiger partial charge in [0, 0.05) is 55.9 Å². The first-order chi connectivity index (χ1) is 14.5. The number of carbonyl (C=O) groups is 1. The summed E-state index contributed by atoms with van der Waals surface area (Å²) in [6.45, 7) is 3.02. The summed E-state index contributed by atoms with van der Waals surface area (Å²) in [4.78, 5) is 28.9. The van der Waals surface area contributed by atoms with E-state index in [1.807, 2.05) is 11.9 Å². The number of anilines is 3. The van der Waals surface area contributed by atoms with Crippen LogP contribution in [0.1, 0.15) is 15.9 Å². The standard InChI is InChI=1S/C20H24N8O2/c1-27-3-5-28(6-4-27)20(29)13-10-23-18-17(13)19(25-11-24-18)26-15-7-12(9-21)14(22)8-16(15)30-2/h7-11,21H,3-6,22H2,1-2H3,(H2,23,24,25,26). The second-order valence-electron chi connectivity index (χ2n) is 7.19. The van der Waals surface area contributed by atoms with Crippen LogP contribution >= 0.6 is 0 Å². The smallest absolute Gasteiger partial charge is 0.256 e. The zero-order valence-corrected chi connectivity index (χ0v) is 16.9. The van der Waals surface area contributed by atoms with Gasteiger partial charge in [-0.2, -0.15) is 0 Å². The van der Waals surface area contributed by atoms with E-state index in [1.54, 1.807) is 18.3 Å². The Hall–Kier alpha value is -3.66. The summed E-state index contributed by atoms with van der Waals surface area (Å²) in [7, 11) is 3.59. The van der Waals surface area contributed by atoms with E-state index >= 15 is 0 Å². The molecule has 10 nitrogen and oxygen atoms in total. The van der Waals surface area contributed by atoms with Crippen molar-refractivity contribution in [2.24, 2.45) is 0 Å². The molecule has 1 aliphatic rings. The first-order valence-electron chi connectivity index (χ1n) is 9.56. The van der Waals surface area contributed by atoms with Crippen molar-refractivity contribution in [3.63, 3.8) is 0 Å². The highest BCUT2D eigenvalue weighted by Gasteiger charge is 2.25. The fourth-order valence-corrected chi connectivity index (χ4v) is 3.54. The largest absolute Gasteiger partial charge is 0.494 e. The van der Waals surface area contributed by atoms with E-state index < -0.39 is 0 Å². The molecule has 1 aliphatic heterocycles. The molecule has 0 saturated carbocycles. The molecule has 5 N–H and O–H groups in total. The molecule has 156 valence electrons. The average molecular weight is 408 g/mol.